The van der Waals surface area contributed by atoms with E-state index in [1.807, 2.05) is 19.2 Å². The highest BCUT2D eigenvalue weighted by molar-refractivity contribution is 5.48. The van der Waals surface area contributed by atoms with Gasteiger partial charge in [-0.1, -0.05) is 19.4 Å². The first kappa shape index (κ1) is 17.1. The summed E-state index contributed by atoms with van der Waals surface area (Å²) in [6.07, 6.45) is -0.523. The van der Waals surface area contributed by atoms with Gasteiger partial charge in [0.25, 0.3) is 0 Å². The van der Waals surface area contributed by atoms with Gasteiger partial charge >= 0.3 is 6.18 Å². The molecule has 0 bridgehead atoms. The zero-order valence-electron chi connectivity index (χ0n) is 13.4. The van der Waals surface area contributed by atoms with Crippen LogP contribution >= 0.6 is 0 Å². The van der Waals surface area contributed by atoms with Crippen LogP contribution in [0.5, 0.6) is 0 Å². The molecular formula is C17H20F3N3. The van der Waals surface area contributed by atoms with Gasteiger partial charge < -0.3 is 5.32 Å². The molecule has 2 rings (SSSR count). The van der Waals surface area contributed by atoms with Crippen LogP contribution in [-0.4, -0.2) is 9.78 Å². The third-order valence-corrected chi connectivity index (χ3v) is 3.60. The second kappa shape index (κ2) is 6.89. The monoisotopic (exact) mass is 323 g/mol. The van der Waals surface area contributed by atoms with E-state index in [1.54, 1.807) is 4.68 Å². The predicted molar refractivity (Wildman–Crippen MR) is 85.6 cm³/mol. The largest absolute Gasteiger partial charge is 0.416 e. The van der Waals surface area contributed by atoms with Crippen molar-refractivity contribution in [3.63, 3.8) is 0 Å². The van der Waals surface area contributed by atoms with E-state index in [2.05, 4.69) is 24.3 Å². The highest BCUT2D eigenvalue weighted by Gasteiger charge is 2.30. The van der Waals surface area contributed by atoms with Crippen molar-refractivity contribution in [2.75, 3.05) is 5.32 Å². The first-order valence-electron chi connectivity index (χ1n) is 7.54. The number of nitrogens with zero attached hydrogens (tertiary/aromatic N) is 2. The SMILES string of the molecule is CCC(=CNc1cc(C)nn1-c1ccc(C(F)(F)F)cc1)CC. The second-order valence-corrected chi connectivity index (χ2v) is 5.28. The molecule has 0 unspecified atom stereocenters. The first-order valence-corrected chi connectivity index (χ1v) is 7.54. The summed E-state index contributed by atoms with van der Waals surface area (Å²) < 4.78 is 39.6. The third kappa shape index (κ3) is 4.15. The maximum absolute atomic E-state index is 12.7. The van der Waals surface area contributed by atoms with Crippen molar-refractivity contribution in [2.24, 2.45) is 0 Å². The standard InChI is InChI=1S/C17H20F3N3/c1-4-13(5-2)11-21-16-10-12(3)22-23(16)15-8-6-14(7-9-15)17(18,19)20/h6-11,21H,4-5H2,1-3H3. The Morgan fingerprint density at radius 2 is 1.78 bits per heavy atom. The summed E-state index contributed by atoms with van der Waals surface area (Å²) >= 11 is 0. The highest BCUT2D eigenvalue weighted by Crippen LogP contribution is 2.30. The number of allylic oxidation sites excluding steroid dienone is 1. The molecule has 6 heteroatoms. The van der Waals surface area contributed by atoms with E-state index in [0.717, 1.165) is 36.5 Å². The smallest absolute Gasteiger partial charge is 0.347 e. The van der Waals surface area contributed by atoms with Crippen molar-refractivity contribution in [3.8, 4) is 5.69 Å². The molecule has 0 amide bonds. The molecule has 0 spiro atoms. The minimum atomic E-state index is -4.33. The molecule has 2 aromatic rings. The zero-order chi connectivity index (χ0) is 17.0. The molecule has 0 atom stereocenters. The molecule has 1 N–H and O–H groups in total. The Labute approximate surface area is 133 Å². The Morgan fingerprint density at radius 3 is 2.30 bits per heavy atom. The number of anilines is 1. The Bertz CT molecular complexity index is 676. The van der Waals surface area contributed by atoms with E-state index in [-0.39, 0.29) is 0 Å². The van der Waals surface area contributed by atoms with Crippen LogP contribution in [0.25, 0.3) is 5.69 Å². The Balaban J connectivity index is 2.31. The lowest BCUT2D eigenvalue weighted by atomic mass is 10.2. The summed E-state index contributed by atoms with van der Waals surface area (Å²) in [4.78, 5) is 0. The lowest BCUT2D eigenvalue weighted by Gasteiger charge is -2.10. The maximum Gasteiger partial charge on any atom is 0.416 e. The van der Waals surface area contributed by atoms with Crippen LogP contribution in [0.3, 0.4) is 0 Å². The first-order chi connectivity index (χ1) is 10.8. The molecule has 0 aliphatic rings. The zero-order valence-corrected chi connectivity index (χ0v) is 13.4. The quantitative estimate of drug-likeness (QED) is 0.807. The predicted octanol–water partition coefficient (Wildman–Crippen LogP) is 5.32. The van der Waals surface area contributed by atoms with E-state index in [9.17, 15) is 13.2 Å². The average Bonchev–Trinajstić information content (AvgIpc) is 2.88. The van der Waals surface area contributed by atoms with Gasteiger partial charge in [-0.3, -0.25) is 0 Å². The minimum absolute atomic E-state index is 0.580. The van der Waals surface area contributed by atoms with Crippen molar-refractivity contribution < 1.29 is 13.2 Å². The van der Waals surface area contributed by atoms with E-state index in [4.69, 9.17) is 0 Å². The van der Waals surface area contributed by atoms with Crippen LogP contribution in [0.4, 0.5) is 19.0 Å². The van der Waals surface area contributed by atoms with Gasteiger partial charge in [-0.05, 0) is 44.0 Å². The molecule has 0 saturated carbocycles. The fourth-order valence-electron chi connectivity index (χ4n) is 2.22. The second-order valence-electron chi connectivity index (χ2n) is 5.28. The van der Waals surface area contributed by atoms with Crippen LogP contribution < -0.4 is 5.32 Å². The molecule has 1 aromatic carbocycles. The van der Waals surface area contributed by atoms with E-state index in [1.165, 1.54) is 17.7 Å². The molecule has 0 saturated heterocycles. The number of hydrogen-bond donors (Lipinski definition) is 1. The third-order valence-electron chi connectivity index (χ3n) is 3.60. The van der Waals surface area contributed by atoms with Crippen molar-refractivity contribution in [2.45, 2.75) is 39.8 Å². The average molecular weight is 323 g/mol. The summed E-state index contributed by atoms with van der Waals surface area (Å²) in [6.45, 7) is 6.00. The summed E-state index contributed by atoms with van der Waals surface area (Å²) in [5.41, 5.74) is 1.95. The van der Waals surface area contributed by atoms with Gasteiger partial charge in [0.15, 0.2) is 0 Å². The van der Waals surface area contributed by atoms with Crippen LogP contribution in [0, 0.1) is 6.92 Å². The number of aromatic nitrogens is 2. The number of benzene rings is 1. The summed E-state index contributed by atoms with van der Waals surface area (Å²) in [6, 6.07) is 6.83. The Kier molecular flexibility index (Phi) is 5.13. The van der Waals surface area contributed by atoms with Crippen LogP contribution in [-0.2, 0) is 6.18 Å². The molecule has 0 radical (unpaired) electrons. The number of aryl methyl sites for hydroxylation is 1. The van der Waals surface area contributed by atoms with Gasteiger partial charge in [-0.25, -0.2) is 4.68 Å². The van der Waals surface area contributed by atoms with Crippen LogP contribution in [0.1, 0.15) is 37.9 Å². The molecule has 0 fully saturated rings. The Morgan fingerprint density at radius 1 is 1.17 bits per heavy atom. The van der Waals surface area contributed by atoms with E-state index in [0.29, 0.717) is 5.69 Å². The van der Waals surface area contributed by atoms with Crippen LogP contribution in [0.2, 0.25) is 0 Å². The minimum Gasteiger partial charge on any atom is -0.347 e. The van der Waals surface area contributed by atoms with Gasteiger partial charge in [0.1, 0.15) is 5.82 Å². The van der Waals surface area contributed by atoms with Crippen molar-refractivity contribution in [3.05, 3.63) is 53.4 Å². The number of halogens is 3. The fourth-order valence-corrected chi connectivity index (χ4v) is 2.22. The molecule has 23 heavy (non-hydrogen) atoms. The van der Waals surface area contributed by atoms with Gasteiger partial charge in [-0.15, -0.1) is 0 Å². The lowest BCUT2D eigenvalue weighted by Crippen LogP contribution is -2.06. The molecule has 1 aromatic heterocycles. The Hall–Kier alpha value is -2.24. The van der Waals surface area contributed by atoms with Gasteiger partial charge in [-0.2, -0.15) is 18.3 Å². The summed E-state index contributed by atoms with van der Waals surface area (Å²) in [5, 5.41) is 7.54. The molecule has 0 aliphatic heterocycles. The van der Waals surface area contributed by atoms with E-state index < -0.39 is 11.7 Å². The van der Waals surface area contributed by atoms with E-state index >= 15 is 0 Å². The van der Waals surface area contributed by atoms with Crippen molar-refractivity contribution in [1.29, 1.82) is 0 Å². The van der Waals surface area contributed by atoms with Crippen molar-refractivity contribution in [1.82, 2.24) is 9.78 Å². The summed E-state index contributed by atoms with van der Waals surface area (Å²) in [7, 11) is 0. The molecule has 3 nitrogen and oxygen atoms in total. The van der Waals surface area contributed by atoms with Gasteiger partial charge in [0.2, 0.25) is 0 Å². The topological polar surface area (TPSA) is 29.9 Å². The summed E-state index contributed by atoms with van der Waals surface area (Å²) in [5.74, 6) is 0.724. The van der Waals surface area contributed by atoms with Crippen molar-refractivity contribution >= 4 is 5.82 Å². The number of alkyl halides is 3. The van der Waals surface area contributed by atoms with Gasteiger partial charge in [0.05, 0.1) is 16.9 Å². The molecule has 0 aliphatic carbocycles. The molecule has 1 heterocycles. The number of nitrogens with one attached hydrogen (secondary N) is 1. The lowest BCUT2D eigenvalue weighted by molar-refractivity contribution is -0.137. The van der Waals surface area contributed by atoms with Gasteiger partial charge in [0, 0.05) is 12.3 Å². The normalized spacial score (nSPS) is 11.4. The van der Waals surface area contributed by atoms with Crippen LogP contribution in [0.15, 0.2) is 42.1 Å². The molecular weight excluding hydrogens is 303 g/mol. The number of rotatable bonds is 5. The number of hydrogen-bond acceptors (Lipinski definition) is 2. The fraction of sp³-hybridized carbons (Fsp3) is 0.353. The highest BCUT2D eigenvalue weighted by atomic mass is 19.4. The maximum atomic E-state index is 12.7. The molecule has 124 valence electrons.